The first-order chi connectivity index (χ1) is 8.22. The third-order valence-corrected chi connectivity index (χ3v) is 3.31. The highest BCUT2D eigenvalue weighted by Crippen LogP contribution is 2.24. The number of unbranched alkanes of at least 4 members (excludes halogenated alkanes) is 1. The average molecular weight is 241 g/mol. The number of carbonyl (C=O) groups excluding carboxylic acids is 2. The number of carbonyl (C=O) groups is 2. The molecule has 0 aromatic carbocycles. The van der Waals surface area contributed by atoms with Crippen molar-refractivity contribution in [2.45, 2.75) is 19.8 Å². The first-order valence-corrected chi connectivity index (χ1v) is 6.25. The van der Waals surface area contributed by atoms with Crippen LogP contribution in [0.3, 0.4) is 0 Å². The lowest BCUT2D eigenvalue weighted by Gasteiger charge is -2.39. The van der Waals surface area contributed by atoms with Crippen LogP contribution in [0.1, 0.15) is 19.8 Å². The number of rotatable bonds is 3. The van der Waals surface area contributed by atoms with E-state index in [2.05, 4.69) is 6.92 Å². The van der Waals surface area contributed by atoms with E-state index in [-0.39, 0.29) is 23.7 Å². The van der Waals surface area contributed by atoms with Crippen LogP contribution in [0.4, 0.5) is 4.79 Å². The molecule has 96 valence electrons. The van der Waals surface area contributed by atoms with Gasteiger partial charge in [-0.25, -0.2) is 4.79 Å². The van der Waals surface area contributed by atoms with Gasteiger partial charge < -0.3 is 14.4 Å². The Balaban J connectivity index is 1.86. The minimum Gasteiger partial charge on any atom is -0.449 e. The lowest BCUT2D eigenvalue weighted by Crippen LogP contribution is -2.54. The molecule has 17 heavy (non-hydrogen) atoms. The molecule has 1 amide bonds. The summed E-state index contributed by atoms with van der Waals surface area (Å²) in [5.41, 5.74) is 0. The van der Waals surface area contributed by atoms with Gasteiger partial charge in [0, 0.05) is 13.1 Å². The van der Waals surface area contributed by atoms with Gasteiger partial charge in [0.1, 0.15) is 5.78 Å². The standard InChI is InChI=1S/C12H19NO4/c1-2-3-4-17-12(15)13-5-9-7-16-8-10(6-13)11(9)14/h9-10H,2-8H2,1H3. The van der Waals surface area contributed by atoms with Crippen LogP contribution in [0, 0.1) is 11.8 Å². The molecule has 0 radical (unpaired) electrons. The first-order valence-electron chi connectivity index (χ1n) is 6.25. The van der Waals surface area contributed by atoms with Gasteiger partial charge in [-0.2, -0.15) is 0 Å². The topological polar surface area (TPSA) is 55.8 Å². The van der Waals surface area contributed by atoms with Crippen LogP contribution in [0.25, 0.3) is 0 Å². The molecule has 2 aliphatic heterocycles. The average Bonchev–Trinajstić information content (AvgIpc) is 2.28. The molecule has 0 aromatic rings. The van der Waals surface area contributed by atoms with Crippen molar-refractivity contribution in [2.75, 3.05) is 32.9 Å². The lowest BCUT2D eigenvalue weighted by atomic mass is 9.87. The summed E-state index contributed by atoms with van der Waals surface area (Å²) in [5, 5.41) is 0. The van der Waals surface area contributed by atoms with E-state index in [1.807, 2.05) is 0 Å². The normalized spacial score (nSPS) is 28.1. The summed E-state index contributed by atoms with van der Waals surface area (Å²) in [5.74, 6) is -0.0590. The van der Waals surface area contributed by atoms with Crippen molar-refractivity contribution in [3.63, 3.8) is 0 Å². The number of amides is 1. The Morgan fingerprint density at radius 2 is 2.06 bits per heavy atom. The van der Waals surface area contributed by atoms with Crippen molar-refractivity contribution < 1.29 is 19.1 Å². The van der Waals surface area contributed by atoms with Crippen molar-refractivity contribution in [1.29, 1.82) is 0 Å². The number of likely N-dealkylation sites (tertiary alicyclic amines) is 1. The SMILES string of the molecule is CCCCOC(=O)N1CC2COCC(C1)C2=O. The number of ketones is 1. The Labute approximate surface area is 101 Å². The van der Waals surface area contributed by atoms with Crippen LogP contribution in [0.2, 0.25) is 0 Å². The molecule has 0 saturated carbocycles. The molecule has 0 aliphatic carbocycles. The number of hydrogen-bond acceptors (Lipinski definition) is 4. The summed E-state index contributed by atoms with van der Waals surface area (Å²) in [7, 11) is 0. The zero-order valence-electron chi connectivity index (χ0n) is 10.2. The van der Waals surface area contributed by atoms with E-state index in [0.717, 1.165) is 12.8 Å². The molecule has 2 unspecified atom stereocenters. The van der Waals surface area contributed by atoms with Gasteiger partial charge in [0.05, 0.1) is 31.7 Å². The van der Waals surface area contributed by atoms with Crippen LogP contribution >= 0.6 is 0 Å². The van der Waals surface area contributed by atoms with Crippen LogP contribution in [-0.2, 0) is 14.3 Å². The third-order valence-electron chi connectivity index (χ3n) is 3.31. The quantitative estimate of drug-likeness (QED) is 0.693. The second-order valence-corrected chi connectivity index (χ2v) is 4.71. The molecule has 0 spiro atoms. The minimum atomic E-state index is -0.289. The number of ether oxygens (including phenoxy) is 2. The summed E-state index contributed by atoms with van der Waals surface area (Å²) in [4.78, 5) is 25.2. The number of nitrogens with zero attached hydrogens (tertiary/aromatic N) is 1. The summed E-state index contributed by atoms with van der Waals surface area (Å²) in [6.07, 6.45) is 1.60. The fourth-order valence-corrected chi connectivity index (χ4v) is 2.29. The van der Waals surface area contributed by atoms with Crippen molar-refractivity contribution >= 4 is 11.9 Å². The summed E-state index contributed by atoms with van der Waals surface area (Å²) in [6, 6.07) is 0. The van der Waals surface area contributed by atoms with Gasteiger partial charge in [-0.3, -0.25) is 4.79 Å². The fraction of sp³-hybridized carbons (Fsp3) is 0.833. The maximum atomic E-state index is 11.8. The van der Waals surface area contributed by atoms with Gasteiger partial charge in [0.25, 0.3) is 0 Å². The second-order valence-electron chi connectivity index (χ2n) is 4.71. The van der Waals surface area contributed by atoms with E-state index in [9.17, 15) is 9.59 Å². The van der Waals surface area contributed by atoms with Crippen molar-refractivity contribution in [1.82, 2.24) is 4.90 Å². The summed E-state index contributed by atoms with van der Waals surface area (Å²) in [6.45, 7) is 4.28. The Morgan fingerprint density at radius 1 is 1.41 bits per heavy atom. The Hall–Kier alpha value is -1.10. The zero-order chi connectivity index (χ0) is 12.3. The van der Waals surface area contributed by atoms with E-state index in [1.54, 1.807) is 4.90 Å². The Morgan fingerprint density at radius 3 is 2.65 bits per heavy atom. The van der Waals surface area contributed by atoms with Crippen molar-refractivity contribution in [2.24, 2.45) is 11.8 Å². The zero-order valence-corrected chi connectivity index (χ0v) is 10.2. The van der Waals surface area contributed by atoms with Gasteiger partial charge in [-0.05, 0) is 6.42 Å². The highest BCUT2D eigenvalue weighted by atomic mass is 16.6. The molecule has 2 heterocycles. The maximum absolute atomic E-state index is 11.8. The smallest absolute Gasteiger partial charge is 0.409 e. The van der Waals surface area contributed by atoms with E-state index < -0.39 is 0 Å². The van der Waals surface area contributed by atoms with E-state index in [0.29, 0.717) is 32.9 Å². The number of hydrogen-bond donors (Lipinski definition) is 0. The van der Waals surface area contributed by atoms with Crippen LogP contribution in [0.5, 0.6) is 0 Å². The maximum Gasteiger partial charge on any atom is 0.409 e. The number of piperidine rings is 1. The Kier molecular flexibility index (Phi) is 3.99. The number of fused-ring (bicyclic) bond motifs is 2. The molecule has 0 aromatic heterocycles. The molecular weight excluding hydrogens is 222 g/mol. The van der Waals surface area contributed by atoms with Crippen LogP contribution in [0.15, 0.2) is 0 Å². The van der Waals surface area contributed by atoms with E-state index in [1.165, 1.54) is 0 Å². The van der Waals surface area contributed by atoms with Gasteiger partial charge in [-0.15, -0.1) is 0 Å². The molecule has 2 bridgehead atoms. The van der Waals surface area contributed by atoms with E-state index in [4.69, 9.17) is 9.47 Å². The summed E-state index contributed by atoms with van der Waals surface area (Å²) >= 11 is 0. The highest BCUT2D eigenvalue weighted by Gasteiger charge is 2.40. The van der Waals surface area contributed by atoms with Gasteiger partial charge in [-0.1, -0.05) is 13.3 Å². The minimum absolute atomic E-state index is 0.152. The van der Waals surface area contributed by atoms with E-state index >= 15 is 0 Å². The first kappa shape index (κ1) is 12.4. The van der Waals surface area contributed by atoms with Crippen molar-refractivity contribution in [3.8, 4) is 0 Å². The molecule has 5 nitrogen and oxygen atoms in total. The number of Topliss-reactive ketones (excluding diaryl/α,β-unsaturated/α-hetero) is 1. The predicted molar refractivity (Wildman–Crippen MR) is 60.6 cm³/mol. The molecule has 5 heteroatoms. The Bertz CT molecular complexity index is 289. The lowest BCUT2D eigenvalue weighted by molar-refractivity contribution is -0.143. The predicted octanol–water partition coefficient (Wildman–Crippen LogP) is 1.07. The van der Waals surface area contributed by atoms with Crippen LogP contribution in [-0.4, -0.2) is 49.7 Å². The van der Waals surface area contributed by atoms with Gasteiger partial charge in [0.15, 0.2) is 0 Å². The molecule has 2 atom stereocenters. The monoisotopic (exact) mass is 241 g/mol. The molecule has 2 aliphatic rings. The molecule has 2 rings (SSSR count). The fourth-order valence-electron chi connectivity index (χ4n) is 2.29. The highest BCUT2D eigenvalue weighted by molar-refractivity contribution is 5.87. The van der Waals surface area contributed by atoms with Crippen LogP contribution < -0.4 is 0 Å². The second kappa shape index (κ2) is 5.49. The molecule has 2 fully saturated rings. The molecule has 2 saturated heterocycles. The molecule has 0 N–H and O–H groups in total. The van der Waals surface area contributed by atoms with Crippen molar-refractivity contribution in [3.05, 3.63) is 0 Å². The third kappa shape index (κ3) is 2.77. The van der Waals surface area contributed by atoms with Gasteiger partial charge in [0.2, 0.25) is 0 Å². The molecular formula is C12H19NO4. The summed E-state index contributed by atoms with van der Waals surface area (Å²) < 4.78 is 10.5. The van der Waals surface area contributed by atoms with Gasteiger partial charge >= 0.3 is 6.09 Å². The largest absolute Gasteiger partial charge is 0.449 e.